The monoisotopic (exact) mass is 287 g/mol. The molecule has 0 aromatic carbocycles. The maximum Gasteiger partial charge on any atom is 0.347 e. The fraction of sp³-hybridized carbons (Fsp3) is 0.273. The van der Waals surface area contributed by atoms with Crippen molar-refractivity contribution >= 4 is 40.2 Å². The first kappa shape index (κ1) is 12.5. The van der Waals surface area contributed by atoms with E-state index in [1.807, 2.05) is 19.9 Å². The smallest absolute Gasteiger partial charge is 0.347 e. The molecule has 17 heavy (non-hydrogen) atoms. The van der Waals surface area contributed by atoms with Crippen LogP contribution in [-0.4, -0.2) is 16.1 Å². The molecule has 2 aromatic rings. The molecule has 0 atom stereocenters. The van der Waals surface area contributed by atoms with E-state index in [2.05, 4.69) is 4.98 Å². The van der Waals surface area contributed by atoms with E-state index in [0.29, 0.717) is 14.9 Å². The molecule has 0 radical (unpaired) electrons. The molecule has 0 bridgehead atoms. The highest BCUT2D eigenvalue weighted by Crippen LogP contribution is 2.36. The van der Waals surface area contributed by atoms with Gasteiger partial charge in [0.25, 0.3) is 0 Å². The van der Waals surface area contributed by atoms with E-state index in [4.69, 9.17) is 16.7 Å². The summed E-state index contributed by atoms with van der Waals surface area (Å²) in [5.74, 6) is -0.818. The summed E-state index contributed by atoms with van der Waals surface area (Å²) in [6.45, 7) is 3.87. The molecule has 0 unspecified atom stereocenters. The Morgan fingerprint density at radius 1 is 1.41 bits per heavy atom. The second kappa shape index (κ2) is 4.76. The van der Waals surface area contributed by atoms with Gasteiger partial charge in [0.2, 0.25) is 0 Å². The molecule has 0 aliphatic heterocycles. The molecular formula is C11H10ClNO2S2. The van der Waals surface area contributed by atoms with Crippen LogP contribution in [0.3, 0.4) is 0 Å². The number of halogens is 1. The summed E-state index contributed by atoms with van der Waals surface area (Å²) >= 11 is 8.47. The number of carboxylic acids is 1. The first-order valence-corrected chi connectivity index (χ1v) is 7.00. The normalized spacial score (nSPS) is 11.1. The standard InChI is InChI=1S/C11H10ClNO2S2/c1-5(2)8-9(11(14)15)17-10(13-8)6-3-4-7(12)16-6/h3-5H,1-2H3,(H,14,15). The zero-order valence-electron chi connectivity index (χ0n) is 9.23. The Morgan fingerprint density at radius 2 is 2.12 bits per heavy atom. The molecule has 2 rings (SSSR count). The van der Waals surface area contributed by atoms with Crippen molar-refractivity contribution in [2.75, 3.05) is 0 Å². The van der Waals surface area contributed by atoms with Crippen molar-refractivity contribution in [2.24, 2.45) is 0 Å². The van der Waals surface area contributed by atoms with Crippen molar-refractivity contribution in [3.8, 4) is 9.88 Å². The molecule has 6 heteroatoms. The van der Waals surface area contributed by atoms with Crippen LogP contribution in [-0.2, 0) is 0 Å². The fourth-order valence-corrected chi connectivity index (χ4v) is 3.57. The van der Waals surface area contributed by atoms with E-state index in [1.54, 1.807) is 6.07 Å². The first-order chi connectivity index (χ1) is 7.99. The highest BCUT2D eigenvalue weighted by molar-refractivity contribution is 7.24. The summed E-state index contributed by atoms with van der Waals surface area (Å²) in [6.07, 6.45) is 0. The zero-order chi connectivity index (χ0) is 12.6. The summed E-state index contributed by atoms with van der Waals surface area (Å²) in [6, 6.07) is 3.65. The van der Waals surface area contributed by atoms with Gasteiger partial charge in [-0.3, -0.25) is 0 Å². The van der Waals surface area contributed by atoms with Crippen molar-refractivity contribution in [1.82, 2.24) is 4.98 Å². The Morgan fingerprint density at radius 3 is 2.53 bits per heavy atom. The van der Waals surface area contributed by atoms with Gasteiger partial charge >= 0.3 is 5.97 Å². The Bertz CT molecular complexity index is 560. The lowest BCUT2D eigenvalue weighted by Crippen LogP contribution is -2.00. The van der Waals surface area contributed by atoms with Gasteiger partial charge in [0.1, 0.15) is 9.88 Å². The summed E-state index contributed by atoms with van der Waals surface area (Å²) in [4.78, 5) is 16.8. The number of hydrogen-bond donors (Lipinski definition) is 1. The number of thiazole rings is 1. The molecule has 2 heterocycles. The van der Waals surface area contributed by atoms with Crippen LogP contribution in [0.5, 0.6) is 0 Å². The van der Waals surface area contributed by atoms with Gasteiger partial charge in [-0.25, -0.2) is 9.78 Å². The molecule has 1 N–H and O–H groups in total. The van der Waals surface area contributed by atoms with Gasteiger partial charge < -0.3 is 5.11 Å². The summed E-state index contributed by atoms with van der Waals surface area (Å²) in [5.41, 5.74) is 0.641. The van der Waals surface area contributed by atoms with E-state index in [1.165, 1.54) is 22.7 Å². The zero-order valence-corrected chi connectivity index (χ0v) is 11.6. The number of carbonyl (C=O) groups is 1. The highest BCUT2D eigenvalue weighted by Gasteiger charge is 2.20. The molecule has 0 aliphatic carbocycles. The third kappa shape index (κ3) is 2.51. The SMILES string of the molecule is CC(C)c1nc(-c2ccc(Cl)s2)sc1C(=O)O. The molecule has 3 nitrogen and oxygen atoms in total. The van der Waals surface area contributed by atoms with E-state index in [-0.39, 0.29) is 5.92 Å². The Kier molecular flexibility index (Phi) is 3.51. The molecule has 0 fully saturated rings. The maximum absolute atomic E-state index is 11.1. The largest absolute Gasteiger partial charge is 0.477 e. The Labute approximate surface area is 112 Å². The number of rotatable bonds is 3. The number of aromatic nitrogens is 1. The van der Waals surface area contributed by atoms with E-state index in [0.717, 1.165) is 9.88 Å². The van der Waals surface area contributed by atoms with Crippen LogP contribution in [0.4, 0.5) is 0 Å². The molecule has 2 aromatic heterocycles. The van der Waals surface area contributed by atoms with Gasteiger partial charge in [-0.2, -0.15) is 0 Å². The first-order valence-electron chi connectivity index (χ1n) is 4.98. The molecule has 0 saturated carbocycles. The number of carboxylic acid groups (broad SMARTS) is 1. The number of aromatic carboxylic acids is 1. The molecule has 0 saturated heterocycles. The van der Waals surface area contributed by atoms with Crippen molar-refractivity contribution in [3.63, 3.8) is 0 Å². The number of thiophene rings is 1. The van der Waals surface area contributed by atoms with Crippen LogP contribution in [0.2, 0.25) is 4.34 Å². The lowest BCUT2D eigenvalue weighted by atomic mass is 10.1. The van der Waals surface area contributed by atoms with Crippen LogP contribution in [0, 0.1) is 0 Å². The van der Waals surface area contributed by atoms with Crippen LogP contribution < -0.4 is 0 Å². The van der Waals surface area contributed by atoms with E-state index in [9.17, 15) is 4.79 Å². The van der Waals surface area contributed by atoms with Crippen molar-refractivity contribution < 1.29 is 9.90 Å². The van der Waals surface area contributed by atoms with Crippen LogP contribution in [0.15, 0.2) is 12.1 Å². The number of hydrogen-bond acceptors (Lipinski definition) is 4. The lowest BCUT2D eigenvalue weighted by molar-refractivity contribution is 0.0700. The minimum absolute atomic E-state index is 0.0986. The third-order valence-electron chi connectivity index (χ3n) is 2.18. The Balaban J connectivity index is 2.50. The molecule has 0 spiro atoms. The average Bonchev–Trinajstić information content (AvgIpc) is 2.82. The van der Waals surface area contributed by atoms with E-state index >= 15 is 0 Å². The predicted octanol–water partition coefficient (Wildman–Crippen LogP) is 4.35. The lowest BCUT2D eigenvalue weighted by Gasteiger charge is -2.00. The quantitative estimate of drug-likeness (QED) is 0.913. The van der Waals surface area contributed by atoms with Gasteiger partial charge in [-0.15, -0.1) is 22.7 Å². The Hall–Kier alpha value is -0.910. The van der Waals surface area contributed by atoms with Gasteiger partial charge in [0.15, 0.2) is 0 Å². The van der Waals surface area contributed by atoms with E-state index < -0.39 is 5.97 Å². The molecule has 90 valence electrons. The second-order valence-electron chi connectivity index (χ2n) is 3.80. The average molecular weight is 288 g/mol. The van der Waals surface area contributed by atoms with Crippen molar-refractivity contribution in [3.05, 3.63) is 27.0 Å². The second-order valence-corrected chi connectivity index (χ2v) is 6.51. The minimum Gasteiger partial charge on any atom is -0.477 e. The molecule has 0 aliphatic rings. The van der Waals surface area contributed by atoms with Gasteiger partial charge in [-0.1, -0.05) is 25.4 Å². The van der Waals surface area contributed by atoms with Gasteiger partial charge in [0.05, 0.1) is 14.9 Å². The van der Waals surface area contributed by atoms with Crippen LogP contribution >= 0.6 is 34.3 Å². The van der Waals surface area contributed by atoms with Crippen molar-refractivity contribution in [2.45, 2.75) is 19.8 Å². The highest BCUT2D eigenvalue weighted by atomic mass is 35.5. The minimum atomic E-state index is -0.917. The summed E-state index contributed by atoms with van der Waals surface area (Å²) < 4.78 is 0.679. The van der Waals surface area contributed by atoms with Crippen LogP contribution in [0.1, 0.15) is 35.1 Å². The summed E-state index contributed by atoms with van der Waals surface area (Å²) in [7, 11) is 0. The van der Waals surface area contributed by atoms with Gasteiger partial charge in [-0.05, 0) is 18.1 Å². The summed E-state index contributed by atoms with van der Waals surface area (Å²) in [5, 5.41) is 9.85. The molecular weight excluding hydrogens is 278 g/mol. The number of nitrogens with zero attached hydrogens (tertiary/aromatic N) is 1. The predicted molar refractivity (Wildman–Crippen MR) is 71.5 cm³/mol. The van der Waals surface area contributed by atoms with Crippen LogP contribution in [0.25, 0.3) is 9.88 Å². The van der Waals surface area contributed by atoms with Gasteiger partial charge in [0, 0.05) is 0 Å². The maximum atomic E-state index is 11.1. The fourth-order valence-electron chi connectivity index (χ4n) is 1.41. The molecule has 0 amide bonds. The topological polar surface area (TPSA) is 50.2 Å². The third-order valence-corrected chi connectivity index (χ3v) is 4.64. The van der Waals surface area contributed by atoms with Crippen molar-refractivity contribution in [1.29, 1.82) is 0 Å².